The van der Waals surface area contributed by atoms with Gasteiger partial charge in [-0.05, 0) is 37.6 Å². The van der Waals surface area contributed by atoms with E-state index in [9.17, 15) is 9.90 Å². The predicted molar refractivity (Wildman–Crippen MR) is 66.6 cm³/mol. The van der Waals surface area contributed by atoms with Crippen molar-refractivity contribution in [2.75, 3.05) is 19.7 Å². The summed E-state index contributed by atoms with van der Waals surface area (Å²) in [4.78, 5) is 12.1. The number of nitrogens with one attached hydrogen (secondary N) is 2. The highest BCUT2D eigenvalue weighted by Crippen LogP contribution is 2.44. The molecule has 1 atom stereocenters. The highest BCUT2D eigenvalue weighted by Gasteiger charge is 2.43. The summed E-state index contributed by atoms with van der Waals surface area (Å²) in [7, 11) is 0. The molecule has 0 aromatic rings. The van der Waals surface area contributed by atoms with Crippen LogP contribution in [0.25, 0.3) is 0 Å². The first-order valence-corrected chi connectivity index (χ1v) is 6.61. The van der Waals surface area contributed by atoms with Gasteiger partial charge in [-0.2, -0.15) is 0 Å². The lowest BCUT2D eigenvalue weighted by molar-refractivity contribution is -0.127. The van der Waals surface area contributed by atoms with Crippen molar-refractivity contribution in [3.8, 4) is 0 Å². The van der Waals surface area contributed by atoms with E-state index in [2.05, 4.69) is 24.5 Å². The Hall–Kier alpha value is -0.610. The molecule has 1 aliphatic carbocycles. The van der Waals surface area contributed by atoms with E-state index in [1.807, 2.05) is 0 Å². The van der Waals surface area contributed by atoms with Gasteiger partial charge >= 0.3 is 0 Å². The van der Waals surface area contributed by atoms with Crippen molar-refractivity contribution < 1.29 is 9.90 Å². The van der Waals surface area contributed by atoms with Gasteiger partial charge in [0.15, 0.2) is 0 Å². The average molecular weight is 240 g/mol. The second-order valence-electron chi connectivity index (χ2n) is 6.36. The Morgan fingerprint density at radius 3 is 2.65 bits per heavy atom. The molecule has 1 heterocycles. The van der Waals surface area contributed by atoms with Crippen molar-refractivity contribution in [3.63, 3.8) is 0 Å². The maximum atomic E-state index is 12.1. The van der Waals surface area contributed by atoms with E-state index >= 15 is 0 Å². The van der Waals surface area contributed by atoms with Crippen molar-refractivity contribution in [2.45, 2.75) is 45.6 Å². The maximum Gasteiger partial charge on any atom is 0.237 e. The minimum atomic E-state index is -0.0919. The summed E-state index contributed by atoms with van der Waals surface area (Å²) < 4.78 is 0. The molecule has 1 saturated carbocycles. The molecule has 0 bridgehead atoms. The van der Waals surface area contributed by atoms with Crippen LogP contribution >= 0.6 is 0 Å². The van der Waals surface area contributed by atoms with Gasteiger partial charge in [-0.3, -0.25) is 4.79 Å². The van der Waals surface area contributed by atoms with Crippen LogP contribution in [0.3, 0.4) is 0 Å². The van der Waals surface area contributed by atoms with Crippen molar-refractivity contribution >= 4 is 5.91 Å². The minimum absolute atomic E-state index is 0.00549. The molecule has 3 N–H and O–H groups in total. The van der Waals surface area contributed by atoms with Gasteiger partial charge in [0.25, 0.3) is 0 Å². The Kier molecular flexibility index (Phi) is 3.46. The molecule has 2 rings (SSSR count). The van der Waals surface area contributed by atoms with Gasteiger partial charge in [-0.15, -0.1) is 0 Å². The molecule has 1 aliphatic heterocycles. The van der Waals surface area contributed by atoms with Gasteiger partial charge in [0.2, 0.25) is 5.91 Å². The molecule has 2 aliphatic rings. The highest BCUT2D eigenvalue weighted by atomic mass is 16.3. The third-order valence-electron chi connectivity index (χ3n) is 4.32. The fourth-order valence-corrected chi connectivity index (χ4v) is 2.60. The van der Waals surface area contributed by atoms with E-state index in [1.54, 1.807) is 0 Å². The Balaban J connectivity index is 1.86. The molecule has 1 amide bonds. The van der Waals surface area contributed by atoms with Crippen LogP contribution in [0, 0.1) is 10.8 Å². The maximum absolute atomic E-state index is 12.1. The van der Waals surface area contributed by atoms with Crippen LogP contribution in [-0.2, 0) is 4.79 Å². The number of piperidine rings is 1. The normalized spacial score (nSPS) is 29.7. The predicted octanol–water partition coefficient (Wildman–Crippen LogP) is 0.653. The first-order chi connectivity index (χ1) is 7.99. The largest absolute Gasteiger partial charge is 0.396 e. The summed E-state index contributed by atoms with van der Waals surface area (Å²) in [6, 6.07) is -0.0919. The number of amides is 1. The number of hydrogen-bond acceptors (Lipinski definition) is 3. The van der Waals surface area contributed by atoms with Gasteiger partial charge in [-0.1, -0.05) is 13.8 Å². The molecule has 2 fully saturated rings. The van der Waals surface area contributed by atoms with Gasteiger partial charge < -0.3 is 15.7 Å². The monoisotopic (exact) mass is 240 g/mol. The summed E-state index contributed by atoms with van der Waals surface area (Å²) >= 11 is 0. The van der Waals surface area contributed by atoms with E-state index in [1.165, 1.54) is 0 Å². The first kappa shape index (κ1) is 12.8. The number of carbonyl (C=O) groups excluding carboxylic acids is 1. The first-order valence-electron chi connectivity index (χ1n) is 6.61. The molecule has 1 saturated heterocycles. The zero-order chi connectivity index (χ0) is 12.5. The van der Waals surface area contributed by atoms with Crippen LogP contribution in [-0.4, -0.2) is 36.8 Å². The summed E-state index contributed by atoms with van der Waals surface area (Å²) in [5.74, 6) is 0.0921. The molecular formula is C13H24N2O2. The number of rotatable bonds is 4. The molecule has 0 aromatic heterocycles. The molecule has 4 nitrogen and oxygen atoms in total. The SMILES string of the molecule is CC1(C)CCCNC1C(=O)NCC1(CO)CC1. The topological polar surface area (TPSA) is 61.4 Å². The summed E-state index contributed by atoms with van der Waals surface area (Å²) in [5.41, 5.74) is 0.0206. The van der Waals surface area contributed by atoms with E-state index in [-0.39, 0.29) is 29.4 Å². The number of hydrogen-bond donors (Lipinski definition) is 3. The minimum Gasteiger partial charge on any atom is -0.396 e. The lowest BCUT2D eigenvalue weighted by Crippen LogP contribution is -2.56. The Morgan fingerprint density at radius 2 is 2.12 bits per heavy atom. The lowest BCUT2D eigenvalue weighted by Gasteiger charge is -2.38. The molecule has 1 unspecified atom stereocenters. The summed E-state index contributed by atoms with van der Waals surface area (Å²) in [6.45, 7) is 6.02. The van der Waals surface area contributed by atoms with Crippen molar-refractivity contribution in [2.24, 2.45) is 10.8 Å². The smallest absolute Gasteiger partial charge is 0.237 e. The molecule has 17 heavy (non-hydrogen) atoms. The fourth-order valence-electron chi connectivity index (χ4n) is 2.60. The van der Waals surface area contributed by atoms with Crippen molar-refractivity contribution in [3.05, 3.63) is 0 Å². The molecule has 0 aromatic carbocycles. The van der Waals surface area contributed by atoms with Gasteiger partial charge in [0.1, 0.15) is 0 Å². The van der Waals surface area contributed by atoms with E-state index in [0.29, 0.717) is 6.54 Å². The van der Waals surface area contributed by atoms with Gasteiger partial charge in [-0.25, -0.2) is 0 Å². The van der Waals surface area contributed by atoms with Gasteiger partial charge in [0, 0.05) is 12.0 Å². The third kappa shape index (κ3) is 2.80. The molecular weight excluding hydrogens is 216 g/mol. The van der Waals surface area contributed by atoms with Crippen LogP contribution in [0.2, 0.25) is 0 Å². The lowest BCUT2D eigenvalue weighted by atomic mass is 9.77. The van der Waals surface area contributed by atoms with Crippen LogP contribution in [0.5, 0.6) is 0 Å². The summed E-state index contributed by atoms with van der Waals surface area (Å²) in [5, 5.41) is 15.5. The standard InChI is InChI=1S/C13H24N2O2/c1-12(2)4-3-7-14-10(12)11(17)15-8-13(9-16)5-6-13/h10,14,16H,3-9H2,1-2H3,(H,15,17). The zero-order valence-electron chi connectivity index (χ0n) is 10.9. The van der Waals surface area contributed by atoms with Crippen LogP contribution in [0.1, 0.15) is 39.5 Å². The van der Waals surface area contributed by atoms with E-state index < -0.39 is 0 Å². The molecule has 0 radical (unpaired) electrons. The Bertz CT molecular complexity index is 298. The number of carbonyl (C=O) groups is 1. The Labute approximate surface area is 103 Å². The second-order valence-corrected chi connectivity index (χ2v) is 6.36. The van der Waals surface area contributed by atoms with E-state index in [4.69, 9.17) is 0 Å². The van der Waals surface area contributed by atoms with Crippen molar-refractivity contribution in [1.29, 1.82) is 0 Å². The number of aliphatic hydroxyl groups is 1. The van der Waals surface area contributed by atoms with Crippen molar-refractivity contribution in [1.82, 2.24) is 10.6 Å². The fraction of sp³-hybridized carbons (Fsp3) is 0.923. The quantitative estimate of drug-likeness (QED) is 0.676. The zero-order valence-corrected chi connectivity index (χ0v) is 10.9. The van der Waals surface area contributed by atoms with Gasteiger partial charge in [0.05, 0.1) is 12.6 Å². The molecule has 98 valence electrons. The molecule has 0 spiro atoms. The third-order valence-corrected chi connectivity index (χ3v) is 4.32. The highest BCUT2D eigenvalue weighted by molar-refractivity contribution is 5.82. The Morgan fingerprint density at radius 1 is 1.41 bits per heavy atom. The average Bonchev–Trinajstić information content (AvgIpc) is 3.06. The summed E-state index contributed by atoms with van der Waals surface area (Å²) in [6.07, 6.45) is 4.29. The second kappa shape index (κ2) is 4.58. The van der Waals surface area contributed by atoms with Crippen LogP contribution in [0.15, 0.2) is 0 Å². The number of aliphatic hydroxyl groups excluding tert-OH is 1. The van der Waals surface area contributed by atoms with E-state index in [0.717, 1.165) is 32.2 Å². The van der Waals surface area contributed by atoms with Crippen LogP contribution < -0.4 is 10.6 Å². The molecule has 4 heteroatoms. The van der Waals surface area contributed by atoms with Crippen LogP contribution in [0.4, 0.5) is 0 Å².